The predicted molar refractivity (Wildman–Crippen MR) is 64.8 cm³/mol. The molecule has 2 atom stereocenters. The van der Waals surface area contributed by atoms with E-state index >= 15 is 0 Å². The van der Waals surface area contributed by atoms with E-state index in [1.54, 1.807) is 11.9 Å². The van der Waals surface area contributed by atoms with Crippen LogP contribution in [0.1, 0.15) is 26.7 Å². The van der Waals surface area contributed by atoms with E-state index in [0.29, 0.717) is 24.8 Å². The maximum absolute atomic E-state index is 12.0. The van der Waals surface area contributed by atoms with E-state index in [4.69, 9.17) is 5.11 Å². The van der Waals surface area contributed by atoms with Crippen molar-refractivity contribution in [3.63, 3.8) is 0 Å². The fourth-order valence-corrected chi connectivity index (χ4v) is 2.09. The van der Waals surface area contributed by atoms with Crippen molar-refractivity contribution >= 4 is 12.0 Å². The van der Waals surface area contributed by atoms with E-state index in [1.165, 1.54) is 0 Å². The lowest BCUT2D eigenvalue weighted by molar-refractivity contribution is -0.137. The molecule has 2 amide bonds. The van der Waals surface area contributed by atoms with Gasteiger partial charge in [-0.3, -0.25) is 4.79 Å². The van der Waals surface area contributed by atoms with Gasteiger partial charge in [-0.25, -0.2) is 4.79 Å². The molecule has 17 heavy (non-hydrogen) atoms. The molecule has 0 aromatic rings. The summed E-state index contributed by atoms with van der Waals surface area (Å²) < 4.78 is 0. The zero-order chi connectivity index (χ0) is 13.0. The highest BCUT2D eigenvalue weighted by molar-refractivity contribution is 5.74. The van der Waals surface area contributed by atoms with Crippen LogP contribution in [0.15, 0.2) is 0 Å². The molecule has 5 heteroatoms. The van der Waals surface area contributed by atoms with Crippen molar-refractivity contribution in [2.75, 3.05) is 26.7 Å². The molecule has 0 spiro atoms. The molecule has 1 aliphatic heterocycles. The van der Waals surface area contributed by atoms with E-state index in [2.05, 4.69) is 13.8 Å². The second kappa shape index (κ2) is 5.89. The molecule has 98 valence electrons. The summed E-state index contributed by atoms with van der Waals surface area (Å²) in [5, 5.41) is 8.53. The molecular formula is C12H22N2O3. The normalized spacial score (nSPS) is 23.8. The van der Waals surface area contributed by atoms with Gasteiger partial charge in [0.15, 0.2) is 0 Å². The molecular weight excluding hydrogens is 220 g/mol. The number of urea groups is 1. The minimum absolute atomic E-state index is 0.0200. The van der Waals surface area contributed by atoms with Gasteiger partial charge in [-0.05, 0) is 18.3 Å². The maximum atomic E-state index is 12.0. The van der Waals surface area contributed by atoms with Crippen LogP contribution in [0.3, 0.4) is 0 Å². The van der Waals surface area contributed by atoms with Crippen molar-refractivity contribution in [3.8, 4) is 0 Å². The Labute approximate surface area is 102 Å². The van der Waals surface area contributed by atoms with Crippen LogP contribution in [-0.2, 0) is 4.79 Å². The smallest absolute Gasteiger partial charge is 0.319 e. The largest absolute Gasteiger partial charge is 0.481 e. The van der Waals surface area contributed by atoms with Gasteiger partial charge < -0.3 is 14.9 Å². The van der Waals surface area contributed by atoms with Gasteiger partial charge in [-0.1, -0.05) is 13.8 Å². The van der Waals surface area contributed by atoms with E-state index in [0.717, 1.165) is 13.1 Å². The van der Waals surface area contributed by atoms with Gasteiger partial charge in [0.25, 0.3) is 0 Å². The molecule has 0 bridgehead atoms. The Hall–Kier alpha value is -1.26. The molecule has 0 radical (unpaired) electrons. The van der Waals surface area contributed by atoms with Crippen LogP contribution in [0.2, 0.25) is 0 Å². The number of carboxylic acids is 1. The van der Waals surface area contributed by atoms with Crippen molar-refractivity contribution in [3.05, 3.63) is 0 Å². The Kier molecular flexibility index (Phi) is 4.78. The van der Waals surface area contributed by atoms with Gasteiger partial charge in [0.05, 0.1) is 0 Å². The summed E-state index contributed by atoms with van der Waals surface area (Å²) in [6.07, 6.45) is 0.626. The third kappa shape index (κ3) is 3.91. The van der Waals surface area contributed by atoms with Crippen molar-refractivity contribution in [2.45, 2.75) is 26.7 Å². The van der Waals surface area contributed by atoms with Gasteiger partial charge in [-0.2, -0.15) is 0 Å². The number of aliphatic carboxylic acids is 1. The molecule has 5 nitrogen and oxygen atoms in total. The van der Waals surface area contributed by atoms with Gasteiger partial charge in [0, 0.05) is 33.1 Å². The average Bonchev–Trinajstić information content (AvgIpc) is 2.57. The summed E-state index contributed by atoms with van der Waals surface area (Å²) in [6, 6.07) is 0.0200. The zero-order valence-corrected chi connectivity index (χ0v) is 10.8. The molecule has 0 aromatic carbocycles. The standard InChI is InChI=1S/C12H22N2O3/c1-9-7-14(8-10(9)2)12(17)13(3)6-4-5-11(15)16/h9-10H,4-8H2,1-3H3,(H,15,16). The first-order chi connectivity index (χ1) is 7.91. The second-order valence-electron chi connectivity index (χ2n) is 5.06. The maximum Gasteiger partial charge on any atom is 0.319 e. The number of nitrogens with zero attached hydrogens (tertiary/aromatic N) is 2. The van der Waals surface area contributed by atoms with Gasteiger partial charge in [0.2, 0.25) is 0 Å². The average molecular weight is 242 g/mol. The number of likely N-dealkylation sites (tertiary alicyclic amines) is 1. The van der Waals surface area contributed by atoms with Gasteiger partial charge in [-0.15, -0.1) is 0 Å². The van der Waals surface area contributed by atoms with Crippen molar-refractivity contribution in [1.29, 1.82) is 0 Å². The number of hydrogen-bond acceptors (Lipinski definition) is 2. The van der Waals surface area contributed by atoms with E-state index in [1.807, 2.05) is 4.90 Å². The van der Waals surface area contributed by atoms with E-state index < -0.39 is 5.97 Å². The SMILES string of the molecule is CC1CN(C(=O)N(C)CCCC(=O)O)CC1C. The molecule has 0 aromatic heterocycles. The molecule has 1 rings (SSSR count). The van der Waals surface area contributed by atoms with Crippen LogP contribution in [0.5, 0.6) is 0 Å². The molecule has 0 saturated carbocycles. The zero-order valence-electron chi connectivity index (χ0n) is 10.8. The Morgan fingerprint density at radius 1 is 1.29 bits per heavy atom. The summed E-state index contributed by atoms with van der Waals surface area (Å²) in [6.45, 7) is 6.43. The number of carboxylic acid groups (broad SMARTS) is 1. The fourth-order valence-electron chi connectivity index (χ4n) is 2.09. The summed E-state index contributed by atoms with van der Waals surface area (Å²) in [7, 11) is 1.73. The Bertz CT molecular complexity index is 283. The molecule has 0 aliphatic carbocycles. The van der Waals surface area contributed by atoms with Crippen LogP contribution in [0, 0.1) is 11.8 Å². The van der Waals surface area contributed by atoms with Crippen LogP contribution in [0.4, 0.5) is 4.79 Å². The quantitative estimate of drug-likeness (QED) is 0.812. The highest BCUT2D eigenvalue weighted by Gasteiger charge is 2.30. The summed E-state index contributed by atoms with van der Waals surface area (Å²) in [5.41, 5.74) is 0. The number of rotatable bonds is 4. The van der Waals surface area contributed by atoms with Crippen molar-refractivity contribution < 1.29 is 14.7 Å². The first kappa shape index (κ1) is 13.8. The number of hydrogen-bond donors (Lipinski definition) is 1. The van der Waals surface area contributed by atoms with Crippen LogP contribution < -0.4 is 0 Å². The summed E-state index contributed by atoms with van der Waals surface area (Å²) in [4.78, 5) is 25.9. The minimum atomic E-state index is -0.811. The second-order valence-corrected chi connectivity index (χ2v) is 5.06. The van der Waals surface area contributed by atoms with Gasteiger partial charge in [0.1, 0.15) is 0 Å². The lowest BCUT2D eigenvalue weighted by Crippen LogP contribution is -2.40. The topological polar surface area (TPSA) is 60.9 Å². The molecule has 1 N–H and O–H groups in total. The first-order valence-corrected chi connectivity index (χ1v) is 6.13. The lowest BCUT2D eigenvalue weighted by atomic mass is 10.0. The summed E-state index contributed by atoms with van der Waals surface area (Å²) in [5.74, 6) is 0.284. The van der Waals surface area contributed by atoms with Crippen LogP contribution >= 0.6 is 0 Å². The number of amides is 2. The Balaban J connectivity index is 2.34. The number of carbonyl (C=O) groups is 2. The van der Waals surface area contributed by atoms with E-state index in [9.17, 15) is 9.59 Å². The first-order valence-electron chi connectivity index (χ1n) is 6.13. The van der Waals surface area contributed by atoms with Gasteiger partial charge >= 0.3 is 12.0 Å². The molecule has 1 heterocycles. The monoisotopic (exact) mass is 242 g/mol. The molecule has 2 unspecified atom stereocenters. The Morgan fingerprint density at radius 2 is 1.82 bits per heavy atom. The third-order valence-electron chi connectivity index (χ3n) is 3.47. The van der Waals surface area contributed by atoms with Crippen LogP contribution in [0.25, 0.3) is 0 Å². The number of carbonyl (C=O) groups excluding carboxylic acids is 1. The summed E-state index contributed by atoms with van der Waals surface area (Å²) >= 11 is 0. The molecule has 1 aliphatic rings. The third-order valence-corrected chi connectivity index (χ3v) is 3.47. The van der Waals surface area contributed by atoms with Crippen molar-refractivity contribution in [1.82, 2.24) is 9.80 Å². The minimum Gasteiger partial charge on any atom is -0.481 e. The fraction of sp³-hybridized carbons (Fsp3) is 0.833. The van der Waals surface area contributed by atoms with Crippen LogP contribution in [-0.4, -0.2) is 53.6 Å². The lowest BCUT2D eigenvalue weighted by Gasteiger charge is -2.24. The highest BCUT2D eigenvalue weighted by atomic mass is 16.4. The predicted octanol–water partition coefficient (Wildman–Crippen LogP) is 1.49. The highest BCUT2D eigenvalue weighted by Crippen LogP contribution is 2.22. The van der Waals surface area contributed by atoms with Crippen molar-refractivity contribution in [2.24, 2.45) is 11.8 Å². The molecule has 1 saturated heterocycles. The Morgan fingerprint density at radius 3 is 2.29 bits per heavy atom. The molecule has 1 fully saturated rings. The van der Waals surface area contributed by atoms with E-state index in [-0.39, 0.29) is 12.5 Å².